The summed E-state index contributed by atoms with van der Waals surface area (Å²) in [6.45, 7) is 6.05. The Balaban J connectivity index is 0.00000208. The molecule has 2 atom stereocenters. The van der Waals surface area contributed by atoms with Crippen LogP contribution in [-0.2, 0) is 13.0 Å². The highest BCUT2D eigenvalue weighted by molar-refractivity contribution is 14.0. The Morgan fingerprint density at radius 1 is 1.54 bits per heavy atom. The maximum absolute atomic E-state index is 10.4. The van der Waals surface area contributed by atoms with E-state index >= 15 is 0 Å². The molecule has 24 heavy (non-hydrogen) atoms. The van der Waals surface area contributed by atoms with Crippen LogP contribution in [0.4, 0.5) is 0 Å². The fraction of sp³-hybridized carbons (Fsp3) is 0.800. The molecular formula is C15H27IN6OS. The summed E-state index contributed by atoms with van der Waals surface area (Å²) in [7, 11) is 0. The van der Waals surface area contributed by atoms with Crippen LogP contribution in [0.1, 0.15) is 31.4 Å². The minimum absolute atomic E-state index is 0. The Morgan fingerprint density at radius 3 is 3.08 bits per heavy atom. The molecule has 1 aromatic rings. The molecule has 0 aliphatic carbocycles. The fourth-order valence-corrected chi connectivity index (χ4v) is 4.30. The van der Waals surface area contributed by atoms with Crippen molar-refractivity contribution < 1.29 is 5.11 Å². The summed E-state index contributed by atoms with van der Waals surface area (Å²) in [5.74, 6) is 4.48. The summed E-state index contributed by atoms with van der Waals surface area (Å²) in [5.41, 5.74) is -0.643. The number of nitrogens with one attached hydrogen (secondary N) is 2. The van der Waals surface area contributed by atoms with E-state index in [0.717, 1.165) is 61.5 Å². The van der Waals surface area contributed by atoms with Gasteiger partial charge in [0.25, 0.3) is 0 Å². The lowest BCUT2D eigenvalue weighted by Crippen LogP contribution is -2.48. The SMILES string of the molecule is CCNC(=NCC1(O)CCSC1)NC1CCc2nc(C)nn2C1.I. The second kappa shape index (κ2) is 8.70. The van der Waals surface area contributed by atoms with E-state index in [-0.39, 0.29) is 30.0 Å². The first-order chi connectivity index (χ1) is 11.1. The molecule has 1 aromatic heterocycles. The van der Waals surface area contributed by atoms with Crippen LogP contribution < -0.4 is 10.6 Å². The fourth-order valence-electron chi connectivity index (χ4n) is 3.01. The average molecular weight is 466 g/mol. The first kappa shape index (κ1) is 19.8. The van der Waals surface area contributed by atoms with E-state index in [4.69, 9.17) is 0 Å². The molecule has 3 heterocycles. The van der Waals surface area contributed by atoms with Gasteiger partial charge in [-0.2, -0.15) is 16.9 Å². The Hall–Kier alpha value is -0.550. The number of aliphatic hydroxyl groups is 1. The van der Waals surface area contributed by atoms with E-state index in [1.807, 2.05) is 11.6 Å². The molecule has 7 nitrogen and oxygen atoms in total. The predicted octanol–water partition coefficient (Wildman–Crippen LogP) is 0.942. The number of rotatable bonds is 4. The van der Waals surface area contributed by atoms with Crippen LogP contribution in [0.5, 0.6) is 0 Å². The van der Waals surface area contributed by atoms with E-state index in [2.05, 4.69) is 32.6 Å². The summed E-state index contributed by atoms with van der Waals surface area (Å²) >= 11 is 1.80. The minimum Gasteiger partial charge on any atom is -0.387 e. The maximum atomic E-state index is 10.4. The van der Waals surface area contributed by atoms with Crippen molar-refractivity contribution in [3.8, 4) is 0 Å². The van der Waals surface area contributed by atoms with Crippen molar-refractivity contribution in [2.45, 2.75) is 51.3 Å². The van der Waals surface area contributed by atoms with Crippen LogP contribution in [-0.4, -0.2) is 62.1 Å². The number of halogens is 1. The van der Waals surface area contributed by atoms with Gasteiger partial charge < -0.3 is 15.7 Å². The minimum atomic E-state index is -0.643. The number of hydrogen-bond acceptors (Lipinski definition) is 5. The lowest BCUT2D eigenvalue weighted by atomic mass is 10.0. The van der Waals surface area contributed by atoms with Crippen LogP contribution in [0.25, 0.3) is 0 Å². The molecule has 136 valence electrons. The first-order valence-electron chi connectivity index (χ1n) is 8.33. The predicted molar refractivity (Wildman–Crippen MR) is 108 cm³/mol. The zero-order chi connectivity index (χ0) is 16.3. The van der Waals surface area contributed by atoms with Crippen molar-refractivity contribution in [3.63, 3.8) is 0 Å². The monoisotopic (exact) mass is 466 g/mol. The highest BCUT2D eigenvalue weighted by atomic mass is 127. The number of aryl methyl sites for hydroxylation is 2. The van der Waals surface area contributed by atoms with Gasteiger partial charge in [0.1, 0.15) is 11.6 Å². The van der Waals surface area contributed by atoms with Crippen molar-refractivity contribution in [1.29, 1.82) is 0 Å². The standard InChI is InChI=1S/C15H26N6OS.HI/c1-3-16-14(17-9-15(22)6-7-23-10-15)19-12-4-5-13-18-11(2)20-21(13)8-12;/h12,22H,3-10H2,1-2H3,(H2,16,17,19);1H. The maximum Gasteiger partial charge on any atom is 0.191 e. The second-order valence-corrected chi connectivity index (χ2v) is 7.46. The highest BCUT2D eigenvalue weighted by Crippen LogP contribution is 2.27. The largest absolute Gasteiger partial charge is 0.387 e. The van der Waals surface area contributed by atoms with Crippen molar-refractivity contribution in [2.24, 2.45) is 4.99 Å². The van der Waals surface area contributed by atoms with Gasteiger partial charge >= 0.3 is 0 Å². The Morgan fingerprint density at radius 2 is 2.38 bits per heavy atom. The third-order valence-electron chi connectivity index (χ3n) is 4.26. The Labute approximate surface area is 164 Å². The number of nitrogens with zero attached hydrogens (tertiary/aromatic N) is 4. The number of thioether (sulfide) groups is 1. The lowest BCUT2D eigenvalue weighted by molar-refractivity contribution is 0.0778. The molecule has 3 rings (SSSR count). The van der Waals surface area contributed by atoms with Crippen molar-refractivity contribution in [1.82, 2.24) is 25.4 Å². The molecule has 0 radical (unpaired) electrons. The molecule has 2 unspecified atom stereocenters. The summed E-state index contributed by atoms with van der Waals surface area (Å²) in [6, 6.07) is 0.286. The van der Waals surface area contributed by atoms with Gasteiger partial charge in [-0.3, -0.25) is 4.99 Å². The summed E-state index contributed by atoms with van der Waals surface area (Å²) < 4.78 is 1.99. The van der Waals surface area contributed by atoms with Crippen LogP contribution in [0.15, 0.2) is 4.99 Å². The first-order valence-corrected chi connectivity index (χ1v) is 9.49. The van der Waals surface area contributed by atoms with Gasteiger partial charge in [-0.25, -0.2) is 9.67 Å². The molecule has 0 bridgehead atoms. The normalized spacial score (nSPS) is 26.6. The molecule has 2 aliphatic heterocycles. The second-order valence-electron chi connectivity index (χ2n) is 6.36. The lowest BCUT2D eigenvalue weighted by Gasteiger charge is -2.26. The highest BCUT2D eigenvalue weighted by Gasteiger charge is 2.31. The molecule has 0 saturated carbocycles. The molecule has 2 aliphatic rings. The van der Waals surface area contributed by atoms with Crippen LogP contribution in [0, 0.1) is 6.92 Å². The summed E-state index contributed by atoms with van der Waals surface area (Å²) in [4.78, 5) is 9.05. The van der Waals surface area contributed by atoms with Crippen molar-refractivity contribution in [3.05, 3.63) is 11.6 Å². The van der Waals surface area contributed by atoms with Crippen molar-refractivity contribution >= 4 is 41.7 Å². The summed E-state index contributed by atoms with van der Waals surface area (Å²) in [6.07, 6.45) is 2.77. The van der Waals surface area contributed by atoms with E-state index in [1.165, 1.54) is 0 Å². The zero-order valence-electron chi connectivity index (χ0n) is 14.3. The molecule has 1 fully saturated rings. The smallest absolute Gasteiger partial charge is 0.191 e. The Bertz CT molecular complexity index is 572. The van der Waals surface area contributed by atoms with Gasteiger partial charge in [0, 0.05) is 24.8 Å². The van der Waals surface area contributed by atoms with Crippen LogP contribution in [0.2, 0.25) is 0 Å². The van der Waals surface area contributed by atoms with Gasteiger partial charge in [-0.15, -0.1) is 24.0 Å². The van der Waals surface area contributed by atoms with E-state index in [1.54, 1.807) is 11.8 Å². The van der Waals surface area contributed by atoms with E-state index in [9.17, 15) is 5.11 Å². The molecule has 0 spiro atoms. The third kappa shape index (κ3) is 4.98. The third-order valence-corrected chi connectivity index (χ3v) is 5.50. The zero-order valence-corrected chi connectivity index (χ0v) is 17.4. The molecule has 0 amide bonds. The molecule has 0 aromatic carbocycles. The molecule has 3 N–H and O–H groups in total. The van der Waals surface area contributed by atoms with Gasteiger partial charge in [0.2, 0.25) is 0 Å². The van der Waals surface area contributed by atoms with E-state index < -0.39 is 5.60 Å². The quantitative estimate of drug-likeness (QED) is 0.348. The Kier molecular flexibility index (Phi) is 7.17. The van der Waals surface area contributed by atoms with Gasteiger partial charge in [-0.05, 0) is 32.4 Å². The number of fused-ring (bicyclic) bond motifs is 1. The van der Waals surface area contributed by atoms with Crippen LogP contribution >= 0.6 is 35.7 Å². The van der Waals surface area contributed by atoms with Crippen LogP contribution in [0.3, 0.4) is 0 Å². The number of aliphatic imine (C=N–C) groups is 1. The van der Waals surface area contributed by atoms with Gasteiger partial charge in [0.15, 0.2) is 5.96 Å². The van der Waals surface area contributed by atoms with Crippen molar-refractivity contribution in [2.75, 3.05) is 24.6 Å². The van der Waals surface area contributed by atoms with E-state index in [0.29, 0.717) is 6.54 Å². The molecule has 9 heteroatoms. The summed E-state index contributed by atoms with van der Waals surface area (Å²) in [5, 5.41) is 21.6. The molecular weight excluding hydrogens is 439 g/mol. The number of aromatic nitrogens is 3. The van der Waals surface area contributed by atoms with Gasteiger partial charge in [-0.1, -0.05) is 0 Å². The van der Waals surface area contributed by atoms with Gasteiger partial charge in [0.05, 0.1) is 18.7 Å². The number of guanidine groups is 1. The topological polar surface area (TPSA) is 87.4 Å². The average Bonchev–Trinajstić information content (AvgIpc) is 3.10. The molecule has 1 saturated heterocycles. The number of hydrogen-bond donors (Lipinski definition) is 3.